The summed E-state index contributed by atoms with van der Waals surface area (Å²) in [5, 5.41) is 0. The number of benzene rings is 1. The van der Waals surface area contributed by atoms with Gasteiger partial charge in [-0.1, -0.05) is 12.6 Å². The van der Waals surface area contributed by atoms with Crippen LogP contribution in [0.25, 0.3) is 0 Å². The van der Waals surface area contributed by atoms with Crippen LogP contribution in [0.1, 0.15) is 6.92 Å². The maximum Gasteiger partial charge on any atom is 1.00 e. The Morgan fingerprint density at radius 3 is 2.62 bits per heavy atom. The maximum absolute atomic E-state index is 10.7. The minimum atomic E-state index is -4.42. The van der Waals surface area contributed by atoms with Crippen LogP contribution in [0.4, 0.5) is 0 Å². The van der Waals surface area contributed by atoms with Crippen molar-refractivity contribution in [2.45, 2.75) is 11.8 Å². The van der Waals surface area contributed by atoms with Crippen LogP contribution in [0.3, 0.4) is 0 Å². The van der Waals surface area contributed by atoms with Crippen LogP contribution in [-0.4, -0.2) is 19.6 Å². The van der Waals surface area contributed by atoms with E-state index in [9.17, 15) is 13.0 Å². The van der Waals surface area contributed by atoms with Gasteiger partial charge in [-0.2, -0.15) is 0 Å². The van der Waals surface area contributed by atoms with Crippen LogP contribution in [0.2, 0.25) is 0 Å². The van der Waals surface area contributed by atoms with Crippen LogP contribution in [0, 0.1) is 0 Å². The molecule has 0 spiro atoms. The number of rotatable bonds is 4. The van der Waals surface area contributed by atoms with Crippen LogP contribution < -0.4 is 34.3 Å². The van der Waals surface area contributed by atoms with Gasteiger partial charge in [0.1, 0.15) is 22.5 Å². The summed E-state index contributed by atoms with van der Waals surface area (Å²) in [4.78, 5) is -0.290. The van der Waals surface area contributed by atoms with Gasteiger partial charge in [-0.05, 0) is 30.7 Å². The summed E-state index contributed by atoms with van der Waals surface area (Å²) in [5.41, 5.74) is 0.811. The second kappa shape index (κ2) is 6.42. The van der Waals surface area contributed by atoms with Crippen molar-refractivity contribution in [1.82, 2.24) is 0 Å². The van der Waals surface area contributed by atoms with Crippen molar-refractivity contribution in [3.05, 3.63) is 36.4 Å². The van der Waals surface area contributed by atoms with Gasteiger partial charge in [-0.15, -0.1) is 0 Å². The zero-order valence-corrected chi connectivity index (χ0v) is 12.1. The average molecular weight is 250 g/mol. The normalized spacial score (nSPS) is 10.4. The van der Waals surface area contributed by atoms with Crippen LogP contribution in [0.15, 0.2) is 41.3 Å². The SMILES string of the molecule is C=C(C)COc1cccc(S(=O)(=O)[O-])c1.[Na+]. The second-order valence-corrected chi connectivity index (χ2v) is 4.55. The van der Waals surface area contributed by atoms with Gasteiger partial charge >= 0.3 is 29.6 Å². The van der Waals surface area contributed by atoms with E-state index in [1.165, 1.54) is 18.2 Å². The molecular weight excluding hydrogens is 239 g/mol. The molecule has 0 saturated carbocycles. The molecule has 0 saturated heterocycles. The topological polar surface area (TPSA) is 66.4 Å². The maximum atomic E-state index is 10.7. The molecule has 0 amide bonds. The second-order valence-electron chi connectivity index (χ2n) is 3.17. The van der Waals surface area contributed by atoms with Gasteiger partial charge in [0.25, 0.3) is 0 Å². The van der Waals surface area contributed by atoms with Crippen LogP contribution in [0.5, 0.6) is 5.75 Å². The molecule has 16 heavy (non-hydrogen) atoms. The van der Waals surface area contributed by atoms with E-state index in [4.69, 9.17) is 4.74 Å². The molecule has 0 unspecified atom stereocenters. The van der Waals surface area contributed by atoms with Gasteiger partial charge in [-0.25, -0.2) is 8.42 Å². The van der Waals surface area contributed by atoms with E-state index in [0.29, 0.717) is 12.4 Å². The van der Waals surface area contributed by atoms with E-state index < -0.39 is 10.1 Å². The van der Waals surface area contributed by atoms with Gasteiger partial charge in [0, 0.05) is 0 Å². The Balaban J connectivity index is 0.00000225. The number of ether oxygens (including phenoxy) is 1. The summed E-state index contributed by atoms with van der Waals surface area (Å²) in [5.74, 6) is 0.343. The van der Waals surface area contributed by atoms with Crippen molar-refractivity contribution in [1.29, 1.82) is 0 Å². The fraction of sp³-hybridized carbons (Fsp3) is 0.200. The Labute approximate surface area is 117 Å². The fourth-order valence-electron chi connectivity index (χ4n) is 0.926. The van der Waals surface area contributed by atoms with Gasteiger partial charge < -0.3 is 9.29 Å². The van der Waals surface area contributed by atoms with Crippen molar-refractivity contribution in [2.24, 2.45) is 0 Å². The Hall–Kier alpha value is -0.330. The molecule has 82 valence electrons. The monoisotopic (exact) mass is 250 g/mol. The van der Waals surface area contributed by atoms with Gasteiger partial charge in [0.2, 0.25) is 0 Å². The summed E-state index contributed by atoms with van der Waals surface area (Å²) in [6.07, 6.45) is 0. The molecule has 0 fully saturated rings. The Bertz CT molecular complexity index is 467. The van der Waals surface area contributed by atoms with Crippen molar-refractivity contribution in [2.75, 3.05) is 6.61 Å². The standard InChI is InChI=1S/C10H12O4S.Na/c1-8(2)7-14-9-4-3-5-10(6-9)15(11,12)13;/h3-6H,1,7H2,2H3,(H,11,12,13);/q;+1/p-1. The molecular formula is C10H11NaO4S. The van der Waals surface area contributed by atoms with Crippen LogP contribution >= 0.6 is 0 Å². The fourth-order valence-corrected chi connectivity index (χ4v) is 1.43. The quantitative estimate of drug-likeness (QED) is 0.372. The summed E-state index contributed by atoms with van der Waals surface area (Å²) in [7, 11) is -4.42. The first kappa shape index (κ1) is 15.7. The first-order valence-electron chi connectivity index (χ1n) is 4.23. The minimum Gasteiger partial charge on any atom is -0.744 e. The molecule has 4 nitrogen and oxygen atoms in total. The zero-order chi connectivity index (χ0) is 11.5. The van der Waals surface area contributed by atoms with Crippen molar-refractivity contribution in [3.8, 4) is 5.75 Å². The molecule has 0 aliphatic heterocycles. The third-order valence-electron chi connectivity index (χ3n) is 1.58. The van der Waals surface area contributed by atoms with E-state index in [-0.39, 0.29) is 34.5 Å². The molecule has 0 aromatic heterocycles. The summed E-state index contributed by atoms with van der Waals surface area (Å²) in [6.45, 7) is 5.72. The molecule has 6 heteroatoms. The first-order valence-corrected chi connectivity index (χ1v) is 5.63. The molecule has 0 N–H and O–H groups in total. The molecule has 1 aromatic carbocycles. The smallest absolute Gasteiger partial charge is 0.744 e. The van der Waals surface area contributed by atoms with E-state index in [1.807, 2.05) is 0 Å². The molecule has 0 atom stereocenters. The molecule has 0 heterocycles. The largest absolute Gasteiger partial charge is 1.00 e. The summed E-state index contributed by atoms with van der Waals surface area (Å²) >= 11 is 0. The van der Waals surface area contributed by atoms with E-state index in [1.54, 1.807) is 13.0 Å². The van der Waals surface area contributed by atoms with Gasteiger partial charge in [-0.3, -0.25) is 0 Å². The summed E-state index contributed by atoms with van der Waals surface area (Å²) < 4.78 is 37.3. The van der Waals surface area contributed by atoms with Crippen molar-refractivity contribution >= 4 is 10.1 Å². The van der Waals surface area contributed by atoms with Crippen LogP contribution in [-0.2, 0) is 10.1 Å². The third kappa shape index (κ3) is 5.14. The predicted octanol–water partition coefficient (Wildman–Crippen LogP) is -1.45. The average Bonchev–Trinajstić information content (AvgIpc) is 2.14. The molecule has 1 rings (SSSR count). The minimum absolute atomic E-state index is 0. The third-order valence-corrected chi connectivity index (χ3v) is 2.41. The first-order chi connectivity index (χ1) is 6.89. The molecule has 1 aromatic rings. The van der Waals surface area contributed by atoms with Gasteiger partial charge in [0.05, 0.1) is 4.90 Å². The van der Waals surface area contributed by atoms with Crippen molar-refractivity contribution < 1.29 is 47.3 Å². The van der Waals surface area contributed by atoms with E-state index in [0.717, 1.165) is 5.57 Å². The summed E-state index contributed by atoms with van der Waals surface area (Å²) in [6, 6.07) is 5.47. The predicted molar refractivity (Wildman–Crippen MR) is 54.7 cm³/mol. The van der Waals surface area contributed by atoms with Crippen molar-refractivity contribution in [3.63, 3.8) is 0 Å². The molecule has 0 aliphatic rings. The molecule has 0 bridgehead atoms. The number of hydrogen-bond acceptors (Lipinski definition) is 4. The van der Waals surface area contributed by atoms with E-state index in [2.05, 4.69) is 6.58 Å². The molecule has 0 radical (unpaired) electrons. The Morgan fingerprint density at radius 1 is 1.50 bits per heavy atom. The van der Waals surface area contributed by atoms with E-state index >= 15 is 0 Å². The zero-order valence-electron chi connectivity index (χ0n) is 9.26. The van der Waals surface area contributed by atoms with Gasteiger partial charge in [0.15, 0.2) is 0 Å². The molecule has 0 aliphatic carbocycles. The Morgan fingerprint density at radius 2 is 2.12 bits per heavy atom. The Kier molecular flexibility index (Phi) is 6.28. The number of hydrogen-bond donors (Lipinski definition) is 0.